The largest absolute Gasteiger partial charge is 0.478 e. The molecule has 2 unspecified atom stereocenters. The number of carbonyl (C=O) groups is 1. The van der Waals surface area contributed by atoms with Crippen molar-refractivity contribution < 1.29 is 14.1 Å². The Bertz CT molecular complexity index is 450. The SMILES string of the molecule is CC(CS(C)=O)Nc1ccc(Cl)cc1C(=O)O. The van der Waals surface area contributed by atoms with Crippen molar-refractivity contribution in [3.8, 4) is 0 Å². The smallest absolute Gasteiger partial charge is 0.337 e. The highest BCUT2D eigenvalue weighted by Crippen LogP contribution is 2.21. The number of carboxylic acids is 1. The van der Waals surface area contributed by atoms with Gasteiger partial charge in [0.2, 0.25) is 0 Å². The molecule has 0 bridgehead atoms. The fraction of sp³-hybridized carbons (Fsp3) is 0.364. The molecule has 6 heteroatoms. The monoisotopic (exact) mass is 275 g/mol. The van der Waals surface area contributed by atoms with Crippen molar-refractivity contribution in [1.82, 2.24) is 0 Å². The minimum absolute atomic E-state index is 0.0693. The summed E-state index contributed by atoms with van der Waals surface area (Å²) >= 11 is 5.74. The maximum Gasteiger partial charge on any atom is 0.337 e. The number of anilines is 1. The van der Waals surface area contributed by atoms with Crippen LogP contribution in [0.15, 0.2) is 18.2 Å². The molecule has 0 saturated carbocycles. The van der Waals surface area contributed by atoms with Crippen molar-refractivity contribution >= 4 is 34.1 Å². The fourth-order valence-corrected chi connectivity index (χ4v) is 2.44. The summed E-state index contributed by atoms with van der Waals surface area (Å²) in [5.41, 5.74) is 0.603. The summed E-state index contributed by atoms with van der Waals surface area (Å²) in [6.07, 6.45) is 1.61. The molecule has 2 atom stereocenters. The molecule has 0 radical (unpaired) electrons. The van der Waals surface area contributed by atoms with Crippen LogP contribution in [0.5, 0.6) is 0 Å². The van der Waals surface area contributed by atoms with Gasteiger partial charge in [-0.15, -0.1) is 0 Å². The van der Waals surface area contributed by atoms with E-state index < -0.39 is 16.8 Å². The molecular weight excluding hydrogens is 262 g/mol. The van der Waals surface area contributed by atoms with Crippen molar-refractivity contribution in [2.24, 2.45) is 0 Å². The number of halogens is 1. The number of hydrogen-bond acceptors (Lipinski definition) is 3. The van der Waals surface area contributed by atoms with Crippen LogP contribution in [0, 0.1) is 0 Å². The maximum absolute atomic E-state index is 11.1. The van der Waals surface area contributed by atoms with Gasteiger partial charge in [0.05, 0.1) is 5.56 Å². The molecule has 1 rings (SSSR count). The molecule has 0 aliphatic carbocycles. The first kappa shape index (κ1) is 14.0. The molecule has 0 amide bonds. The van der Waals surface area contributed by atoms with Crippen molar-refractivity contribution in [1.29, 1.82) is 0 Å². The summed E-state index contributed by atoms with van der Waals surface area (Å²) in [4.78, 5) is 11.0. The third-order valence-electron chi connectivity index (χ3n) is 2.10. The van der Waals surface area contributed by atoms with E-state index in [1.165, 1.54) is 6.07 Å². The van der Waals surface area contributed by atoms with Crippen LogP contribution in [-0.4, -0.2) is 33.3 Å². The summed E-state index contributed by atoms with van der Waals surface area (Å²) in [6, 6.07) is 4.55. The maximum atomic E-state index is 11.1. The van der Waals surface area contributed by atoms with Gasteiger partial charge in [-0.3, -0.25) is 4.21 Å². The minimum Gasteiger partial charge on any atom is -0.478 e. The quantitative estimate of drug-likeness (QED) is 0.865. The van der Waals surface area contributed by atoms with E-state index in [-0.39, 0.29) is 11.6 Å². The van der Waals surface area contributed by atoms with Crippen LogP contribution in [0.3, 0.4) is 0 Å². The predicted octanol–water partition coefficient (Wildman–Crippen LogP) is 2.22. The van der Waals surface area contributed by atoms with Gasteiger partial charge in [0.15, 0.2) is 0 Å². The van der Waals surface area contributed by atoms with E-state index in [0.717, 1.165) is 0 Å². The van der Waals surface area contributed by atoms with Crippen molar-refractivity contribution in [2.45, 2.75) is 13.0 Å². The number of nitrogens with one attached hydrogen (secondary N) is 1. The minimum atomic E-state index is -1.04. The first-order valence-corrected chi connectivity index (χ1v) is 7.10. The van der Waals surface area contributed by atoms with Gasteiger partial charge >= 0.3 is 5.97 Å². The van der Waals surface area contributed by atoms with Crippen molar-refractivity contribution in [3.05, 3.63) is 28.8 Å². The molecule has 94 valence electrons. The second-order valence-corrected chi connectivity index (χ2v) is 5.70. The second-order valence-electron chi connectivity index (χ2n) is 3.78. The third kappa shape index (κ3) is 4.36. The molecule has 17 heavy (non-hydrogen) atoms. The van der Waals surface area contributed by atoms with Gasteiger partial charge in [0.1, 0.15) is 0 Å². The molecule has 2 N–H and O–H groups in total. The normalized spacial score (nSPS) is 14.1. The van der Waals surface area contributed by atoms with Crippen LogP contribution in [0.4, 0.5) is 5.69 Å². The first-order valence-electron chi connectivity index (χ1n) is 4.99. The Morgan fingerprint density at radius 2 is 2.24 bits per heavy atom. The lowest BCUT2D eigenvalue weighted by Gasteiger charge is -2.15. The molecule has 1 aromatic carbocycles. The van der Waals surface area contributed by atoms with E-state index >= 15 is 0 Å². The Morgan fingerprint density at radius 1 is 1.59 bits per heavy atom. The molecule has 0 saturated heterocycles. The van der Waals surface area contributed by atoms with Crippen LogP contribution in [0.2, 0.25) is 5.02 Å². The van der Waals surface area contributed by atoms with E-state index in [4.69, 9.17) is 16.7 Å². The Hall–Kier alpha value is -1.07. The van der Waals surface area contributed by atoms with Gasteiger partial charge in [-0.1, -0.05) is 11.6 Å². The van der Waals surface area contributed by atoms with E-state index in [1.54, 1.807) is 18.4 Å². The highest BCUT2D eigenvalue weighted by Gasteiger charge is 2.13. The van der Waals surface area contributed by atoms with Gasteiger partial charge < -0.3 is 10.4 Å². The van der Waals surface area contributed by atoms with Crippen LogP contribution in [0.1, 0.15) is 17.3 Å². The summed E-state index contributed by atoms with van der Waals surface area (Å²) < 4.78 is 11.1. The molecule has 0 aliphatic heterocycles. The molecule has 1 aromatic rings. The number of aromatic carboxylic acids is 1. The molecule has 0 aliphatic rings. The summed E-state index contributed by atoms with van der Waals surface area (Å²) in [7, 11) is -0.927. The van der Waals surface area contributed by atoms with Crippen LogP contribution in [0.25, 0.3) is 0 Å². The fourth-order valence-electron chi connectivity index (χ4n) is 1.48. The molecule has 0 aromatic heterocycles. The number of hydrogen-bond donors (Lipinski definition) is 2. The number of carboxylic acid groups (broad SMARTS) is 1. The van der Waals surface area contributed by atoms with Crippen LogP contribution < -0.4 is 5.32 Å². The average molecular weight is 276 g/mol. The van der Waals surface area contributed by atoms with Crippen molar-refractivity contribution in [3.63, 3.8) is 0 Å². The summed E-state index contributed by atoms with van der Waals surface area (Å²) in [6.45, 7) is 1.85. The van der Waals surface area contributed by atoms with Gasteiger partial charge in [-0.2, -0.15) is 0 Å². The lowest BCUT2D eigenvalue weighted by atomic mass is 10.1. The van der Waals surface area contributed by atoms with Gasteiger partial charge in [-0.05, 0) is 25.1 Å². The highest BCUT2D eigenvalue weighted by molar-refractivity contribution is 7.84. The zero-order valence-electron chi connectivity index (χ0n) is 9.57. The summed E-state index contributed by atoms with van der Waals surface area (Å²) in [5.74, 6) is -0.582. The van der Waals surface area contributed by atoms with E-state index in [2.05, 4.69) is 5.32 Å². The Labute approximate surface area is 107 Å². The molecule has 0 fully saturated rings. The van der Waals surface area contributed by atoms with E-state index in [0.29, 0.717) is 16.5 Å². The van der Waals surface area contributed by atoms with E-state index in [1.807, 2.05) is 6.92 Å². The third-order valence-corrected chi connectivity index (χ3v) is 3.30. The van der Waals surface area contributed by atoms with Crippen molar-refractivity contribution in [2.75, 3.05) is 17.3 Å². The predicted molar refractivity (Wildman–Crippen MR) is 70.4 cm³/mol. The van der Waals surface area contributed by atoms with Crippen LogP contribution in [-0.2, 0) is 10.8 Å². The first-order chi connectivity index (χ1) is 7.90. The van der Waals surface area contributed by atoms with Gasteiger partial charge in [-0.25, -0.2) is 4.79 Å². The van der Waals surface area contributed by atoms with Gasteiger partial charge in [0, 0.05) is 39.6 Å². The standard InChI is InChI=1S/C11H14ClNO3S/c1-7(6-17(2)16)13-10-4-3-8(12)5-9(10)11(14)15/h3-5,7,13H,6H2,1-2H3,(H,14,15). The Kier molecular flexibility index (Phi) is 4.96. The summed E-state index contributed by atoms with van der Waals surface area (Å²) in [5, 5.41) is 12.4. The second kappa shape index (κ2) is 6.02. The zero-order valence-corrected chi connectivity index (χ0v) is 11.1. The van der Waals surface area contributed by atoms with Gasteiger partial charge in [0.25, 0.3) is 0 Å². The zero-order chi connectivity index (χ0) is 13.0. The molecule has 0 heterocycles. The molecular formula is C11H14ClNO3S. The molecule has 4 nitrogen and oxygen atoms in total. The average Bonchev–Trinajstić information content (AvgIpc) is 2.19. The number of rotatable bonds is 5. The highest BCUT2D eigenvalue weighted by atomic mass is 35.5. The lowest BCUT2D eigenvalue weighted by molar-refractivity contribution is 0.0698. The van der Waals surface area contributed by atoms with Crippen LogP contribution >= 0.6 is 11.6 Å². The molecule has 0 spiro atoms. The van der Waals surface area contributed by atoms with E-state index in [9.17, 15) is 9.00 Å². The Balaban J connectivity index is 2.90. The number of benzene rings is 1. The topological polar surface area (TPSA) is 66.4 Å². The lowest BCUT2D eigenvalue weighted by Crippen LogP contribution is -2.23. The Morgan fingerprint density at radius 3 is 2.76 bits per heavy atom.